The fraction of sp³-hybridized carbons (Fsp3) is 0.353. The number of aromatic nitrogens is 3. The molecule has 142 valence electrons. The van der Waals surface area contributed by atoms with Gasteiger partial charge in [-0.25, -0.2) is 9.48 Å². The minimum Gasteiger partial charge on any atom is -0.478 e. The van der Waals surface area contributed by atoms with Gasteiger partial charge in [0, 0.05) is 31.1 Å². The number of nitrogens with zero attached hydrogens (tertiary/aromatic N) is 4. The lowest BCUT2D eigenvalue weighted by Crippen LogP contribution is -2.55. The SMILES string of the molecule is CC(=O)OC(C(=O)O)[C@H]1OCCN(c2cc(C)n(-c3ccncc3)n2)C1=O. The van der Waals surface area contributed by atoms with E-state index in [1.165, 1.54) is 4.90 Å². The monoisotopic (exact) mass is 374 g/mol. The van der Waals surface area contributed by atoms with E-state index in [2.05, 4.69) is 10.1 Å². The molecular weight excluding hydrogens is 356 g/mol. The summed E-state index contributed by atoms with van der Waals surface area (Å²) in [6.45, 7) is 3.19. The second-order valence-corrected chi connectivity index (χ2v) is 5.91. The first-order chi connectivity index (χ1) is 12.9. The zero-order valence-electron chi connectivity index (χ0n) is 14.7. The van der Waals surface area contributed by atoms with Crippen molar-refractivity contribution in [2.45, 2.75) is 26.1 Å². The molecule has 1 aliphatic rings. The van der Waals surface area contributed by atoms with Crippen LogP contribution in [0.5, 0.6) is 0 Å². The van der Waals surface area contributed by atoms with Gasteiger partial charge in [0.15, 0.2) is 11.9 Å². The number of hydrogen-bond donors (Lipinski definition) is 1. The summed E-state index contributed by atoms with van der Waals surface area (Å²) in [6, 6.07) is 5.26. The number of anilines is 1. The Labute approximate surface area is 154 Å². The van der Waals surface area contributed by atoms with Gasteiger partial charge in [0.2, 0.25) is 6.10 Å². The topological polar surface area (TPSA) is 124 Å². The number of amides is 1. The van der Waals surface area contributed by atoms with Gasteiger partial charge in [-0.1, -0.05) is 0 Å². The largest absolute Gasteiger partial charge is 0.478 e. The van der Waals surface area contributed by atoms with Crippen LogP contribution in [0.2, 0.25) is 0 Å². The van der Waals surface area contributed by atoms with Gasteiger partial charge in [-0.2, -0.15) is 0 Å². The van der Waals surface area contributed by atoms with E-state index >= 15 is 0 Å². The van der Waals surface area contributed by atoms with Crippen LogP contribution in [0.4, 0.5) is 5.82 Å². The number of rotatable bonds is 5. The van der Waals surface area contributed by atoms with Crippen LogP contribution in [0.15, 0.2) is 30.6 Å². The van der Waals surface area contributed by atoms with Gasteiger partial charge in [0.25, 0.3) is 5.91 Å². The van der Waals surface area contributed by atoms with Gasteiger partial charge < -0.3 is 14.6 Å². The highest BCUT2D eigenvalue weighted by molar-refractivity contribution is 6.00. The molecule has 1 unspecified atom stereocenters. The van der Waals surface area contributed by atoms with Crippen molar-refractivity contribution in [3.05, 3.63) is 36.3 Å². The maximum atomic E-state index is 12.8. The quantitative estimate of drug-likeness (QED) is 0.742. The Morgan fingerprint density at radius 3 is 2.70 bits per heavy atom. The maximum absolute atomic E-state index is 12.8. The predicted molar refractivity (Wildman–Crippen MR) is 91.4 cm³/mol. The van der Waals surface area contributed by atoms with Crippen LogP contribution in [-0.2, 0) is 23.9 Å². The maximum Gasteiger partial charge on any atom is 0.348 e. The number of aliphatic carboxylic acids is 1. The normalized spacial score (nSPS) is 18.2. The van der Waals surface area contributed by atoms with Crippen LogP contribution in [0.25, 0.3) is 5.69 Å². The number of hydrogen-bond acceptors (Lipinski definition) is 7. The summed E-state index contributed by atoms with van der Waals surface area (Å²) in [6.07, 6.45) is 0.0956. The standard InChI is InChI=1S/C17H18N4O6/c1-10-9-13(19-21(10)12-3-5-18-6-4-12)20-7-8-26-14(16(20)23)15(17(24)25)27-11(2)22/h3-6,9,14-15H,7-8H2,1-2H3,(H,24,25)/t14-,15?/m1/s1. The molecule has 10 nitrogen and oxygen atoms in total. The molecule has 1 fully saturated rings. The molecule has 0 radical (unpaired) electrons. The fourth-order valence-electron chi connectivity index (χ4n) is 2.81. The minimum absolute atomic E-state index is 0.0859. The van der Waals surface area contributed by atoms with E-state index in [0.717, 1.165) is 18.3 Å². The summed E-state index contributed by atoms with van der Waals surface area (Å²) >= 11 is 0. The van der Waals surface area contributed by atoms with Crippen molar-refractivity contribution in [1.29, 1.82) is 0 Å². The lowest BCUT2D eigenvalue weighted by Gasteiger charge is -2.33. The molecule has 2 aromatic rings. The Balaban J connectivity index is 1.88. The molecule has 1 amide bonds. The average Bonchev–Trinajstić information content (AvgIpc) is 3.02. The molecule has 0 bridgehead atoms. The zero-order valence-corrected chi connectivity index (χ0v) is 14.7. The Morgan fingerprint density at radius 1 is 1.37 bits per heavy atom. The Morgan fingerprint density at radius 2 is 2.07 bits per heavy atom. The van der Waals surface area contributed by atoms with Crippen LogP contribution < -0.4 is 4.90 Å². The second kappa shape index (κ2) is 7.54. The van der Waals surface area contributed by atoms with Crippen LogP contribution in [-0.4, -0.2) is 63.1 Å². The Kier molecular flexibility index (Phi) is 5.17. The number of carboxylic acids is 1. The van der Waals surface area contributed by atoms with Crippen molar-refractivity contribution in [3.8, 4) is 5.69 Å². The van der Waals surface area contributed by atoms with Gasteiger partial charge in [0.05, 0.1) is 18.8 Å². The second-order valence-electron chi connectivity index (χ2n) is 5.91. The Hall–Kier alpha value is -3.27. The summed E-state index contributed by atoms with van der Waals surface area (Å²) in [5.41, 5.74) is 1.55. The number of morpholine rings is 1. The van der Waals surface area contributed by atoms with Crippen molar-refractivity contribution in [3.63, 3.8) is 0 Å². The van der Waals surface area contributed by atoms with Gasteiger partial charge >= 0.3 is 11.9 Å². The van der Waals surface area contributed by atoms with Crippen LogP contribution in [0, 0.1) is 6.92 Å². The molecule has 0 saturated carbocycles. The highest BCUT2D eigenvalue weighted by atomic mass is 16.6. The van der Waals surface area contributed by atoms with Gasteiger partial charge in [0.1, 0.15) is 0 Å². The third-order valence-electron chi connectivity index (χ3n) is 3.99. The van der Waals surface area contributed by atoms with E-state index in [4.69, 9.17) is 9.47 Å². The van der Waals surface area contributed by atoms with Crippen LogP contribution in [0.3, 0.4) is 0 Å². The lowest BCUT2D eigenvalue weighted by atomic mass is 10.1. The number of ether oxygens (including phenoxy) is 2. The van der Waals surface area contributed by atoms with E-state index in [-0.39, 0.29) is 13.2 Å². The first-order valence-corrected chi connectivity index (χ1v) is 8.18. The molecule has 3 heterocycles. The number of esters is 1. The van der Waals surface area contributed by atoms with E-state index in [1.54, 1.807) is 35.3 Å². The number of carbonyl (C=O) groups excluding carboxylic acids is 2. The fourth-order valence-corrected chi connectivity index (χ4v) is 2.81. The number of carbonyl (C=O) groups is 3. The number of aryl methyl sites for hydroxylation is 1. The molecule has 0 spiro atoms. The van der Waals surface area contributed by atoms with Gasteiger partial charge in [-0.15, -0.1) is 5.10 Å². The minimum atomic E-state index is -1.72. The third kappa shape index (κ3) is 3.80. The molecular formula is C17H18N4O6. The van der Waals surface area contributed by atoms with E-state index in [1.807, 2.05) is 6.92 Å². The van der Waals surface area contributed by atoms with Crippen molar-refractivity contribution in [2.24, 2.45) is 0 Å². The van der Waals surface area contributed by atoms with E-state index in [9.17, 15) is 19.5 Å². The number of carboxylic acid groups (broad SMARTS) is 1. The molecule has 10 heteroatoms. The summed E-state index contributed by atoms with van der Waals surface area (Å²) in [5, 5.41) is 13.7. The first kappa shape index (κ1) is 18.5. The summed E-state index contributed by atoms with van der Waals surface area (Å²) in [7, 11) is 0. The molecule has 1 aliphatic heterocycles. The zero-order chi connectivity index (χ0) is 19.6. The van der Waals surface area contributed by atoms with Crippen molar-refractivity contribution >= 4 is 23.7 Å². The molecule has 0 aromatic carbocycles. The van der Waals surface area contributed by atoms with Gasteiger partial charge in [-0.05, 0) is 19.1 Å². The molecule has 1 saturated heterocycles. The molecule has 3 rings (SSSR count). The van der Waals surface area contributed by atoms with Gasteiger partial charge in [-0.3, -0.25) is 19.5 Å². The van der Waals surface area contributed by atoms with Crippen molar-refractivity contribution in [1.82, 2.24) is 14.8 Å². The number of pyridine rings is 1. The van der Waals surface area contributed by atoms with E-state index in [0.29, 0.717) is 5.82 Å². The molecule has 2 atom stereocenters. The molecule has 1 N–H and O–H groups in total. The predicted octanol–water partition coefficient (Wildman–Crippen LogP) is 0.324. The molecule has 2 aromatic heterocycles. The summed E-state index contributed by atoms with van der Waals surface area (Å²) in [4.78, 5) is 40.7. The average molecular weight is 374 g/mol. The van der Waals surface area contributed by atoms with Crippen molar-refractivity contribution < 1.29 is 29.0 Å². The smallest absolute Gasteiger partial charge is 0.348 e. The first-order valence-electron chi connectivity index (χ1n) is 8.18. The summed E-state index contributed by atoms with van der Waals surface area (Å²) < 4.78 is 11.7. The summed E-state index contributed by atoms with van der Waals surface area (Å²) in [5.74, 6) is -2.54. The van der Waals surface area contributed by atoms with Crippen molar-refractivity contribution in [2.75, 3.05) is 18.1 Å². The highest BCUT2D eigenvalue weighted by Gasteiger charge is 2.43. The Bertz CT molecular complexity index is 866. The van der Waals surface area contributed by atoms with E-state index < -0.39 is 30.1 Å². The van der Waals surface area contributed by atoms with Crippen LogP contribution in [0.1, 0.15) is 12.6 Å². The highest BCUT2D eigenvalue weighted by Crippen LogP contribution is 2.23. The molecule has 0 aliphatic carbocycles. The lowest BCUT2D eigenvalue weighted by molar-refractivity contribution is -0.177. The third-order valence-corrected chi connectivity index (χ3v) is 3.99. The van der Waals surface area contributed by atoms with Crippen LogP contribution >= 0.6 is 0 Å². The molecule has 27 heavy (non-hydrogen) atoms.